The monoisotopic (exact) mass is 554 g/mol. The van der Waals surface area contributed by atoms with Crippen LogP contribution in [0.1, 0.15) is 18.2 Å². The largest absolute Gasteiger partial charge is 0.460 e. The fourth-order valence-electron chi connectivity index (χ4n) is 4.00. The van der Waals surface area contributed by atoms with Crippen molar-refractivity contribution in [1.82, 2.24) is 24.6 Å². The minimum atomic E-state index is -4.06. The van der Waals surface area contributed by atoms with Gasteiger partial charge in [0.25, 0.3) is 0 Å². The van der Waals surface area contributed by atoms with Gasteiger partial charge >= 0.3 is 13.7 Å². The van der Waals surface area contributed by atoms with Crippen molar-refractivity contribution in [3.05, 3.63) is 78.9 Å². The van der Waals surface area contributed by atoms with Gasteiger partial charge in [-0.25, -0.2) is 24.6 Å². The number of rotatable bonds is 11. The van der Waals surface area contributed by atoms with Crippen LogP contribution in [-0.2, 0) is 30.0 Å². The number of esters is 1. The van der Waals surface area contributed by atoms with E-state index in [1.54, 1.807) is 34.9 Å². The van der Waals surface area contributed by atoms with E-state index in [9.17, 15) is 14.5 Å². The average Bonchev–Trinajstić information content (AvgIpc) is 3.54. The van der Waals surface area contributed by atoms with Crippen molar-refractivity contribution in [3.63, 3.8) is 0 Å². The van der Waals surface area contributed by atoms with Crippen LogP contribution in [0.5, 0.6) is 5.75 Å². The number of nitrogens with one attached hydrogen (secondary N) is 1. The number of aliphatic hydroxyl groups is 1. The van der Waals surface area contributed by atoms with E-state index in [0.717, 1.165) is 5.56 Å². The fourth-order valence-corrected chi connectivity index (χ4v) is 5.29. The number of nitrogens with zero attached hydrogens (tertiary/aromatic N) is 4. The molecule has 39 heavy (non-hydrogen) atoms. The van der Waals surface area contributed by atoms with Crippen LogP contribution in [0.4, 0.5) is 5.82 Å². The summed E-state index contributed by atoms with van der Waals surface area (Å²) in [5, 5.41) is 13.2. The molecule has 4 atom stereocenters. The van der Waals surface area contributed by atoms with Crippen LogP contribution in [0.2, 0.25) is 0 Å². The maximum Gasteiger partial charge on any atom is 0.459 e. The van der Waals surface area contributed by atoms with Crippen molar-refractivity contribution in [2.24, 2.45) is 0 Å². The summed E-state index contributed by atoms with van der Waals surface area (Å²) in [6.45, 7) is -0.551. The smallest absolute Gasteiger partial charge is 0.459 e. The van der Waals surface area contributed by atoms with Gasteiger partial charge in [0.05, 0.1) is 19.0 Å². The molecule has 0 amide bonds. The molecular formula is C25H27N6O7P. The van der Waals surface area contributed by atoms with Crippen LogP contribution >= 0.6 is 7.75 Å². The van der Waals surface area contributed by atoms with Crippen LogP contribution in [0.3, 0.4) is 0 Å². The lowest BCUT2D eigenvalue weighted by molar-refractivity contribution is -0.143. The SMILES string of the molecule is Nc1ncnc2c1ncn2[C@@H]1O[C@H](COP(=O)(NCC(=O)OCc2ccccc2)Oc2ccccc2)CC1O. The first-order chi connectivity index (χ1) is 18.9. The van der Waals surface area contributed by atoms with Gasteiger partial charge in [0, 0.05) is 6.42 Å². The highest BCUT2D eigenvalue weighted by atomic mass is 31.2. The molecule has 1 saturated heterocycles. The normalized spacial score (nSPS) is 20.5. The van der Waals surface area contributed by atoms with Gasteiger partial charge in [0.15, 0.2) is 17.7 Å². The summed E-state index contributed by atoms with van der Waals surface area (Å²) in [6.07, 6.45) is 0.525. The lowest BCUT2D eigenvalue weighted by Crippen LogP contribution is -2.27. The summed E-state index contributed by atoms with van der Waals surface area (Å²) >= 11 is 0. The van der Waals surface area contributed by atoms with Crippen molar-refractivity contribution in [1.29, 1.82) is 0 Å². The molecule has 3 heterocycles. The number of fused-ring (bicyclic) bond motifs is 1. The van der Waals surface area contributed by atoms with Crippen LogP contribution in [0, 0.1) is 0 Å². The van der Waals surface area contributed by atoms with Gasteiger partial charge in [-0.3, -0.25) is 13.9 Å². The standard InChI is InChI=1S/C25H27N6O7P/c26-23-22-24(28-15-27-23)31(16-29-22)25-20(32)11-19(37-25)14-36-39(34,38-18-9-5-2-6-10-18)30-12-21(33)35-13-17-7-3-1-4-8-17/h1-10,15-16,19-20,25,32H,11-14H2,(H,30,34)(H2,26,27,28)/t19-,20?,25+,39?/m0/s1. The van der Waals surface area contributed by atoms with Gasteiger partial charge in [-0.2, -0.15) is 0 Å². The third-order valence-corrected chi connectivity index (χ3v) is 7.37. The lowest BCUT2D eigenvalue weighted by Gasteiger charge is -2.21. The van der Waals surface area contributed by atoms with E-state index >= 15 is 0 Å². The Morgan fingerprint density at radius 2 is 1.87 bits per heavy atom. The molecule has 2 aromatic heterocycles. The summed E-state index contributed by atoms with van der Waals surface area (Å²) in [4.78, 5) is 24.6. The second kappa shape index (κ2) is 11.9. The number of aliphatic hydroxyl groups excluding tert-OH is 1. The van der Waals surface area contributed by atoms with E-state index in [1.165, 1.54) is 12.7 Å². The average molecular weight is 555 g/mol. The van der Waals surface area contributed by atoms with E-state index in [1.807, 2.05) is 30.3 Å². The zero-order chi connectivity index (χ0) is 27.2. The number of carbonyl (C=O) groups excluding carboxylic acids is 1. The summed E-state index contributed by atoms with van der Waals surface area (Å²) in [5.41, 5.74) is 7.46. The van der Waals surface area contributed by atoms with E-state index in [0.29, 0.717) is 11.2 Å². The number of ether oxygens (including phenoxy) is 2. The molecule has 4 N–H and O–H groups in total. The van der Waals surface area contributed by atoms with E-state index in [2.05, 4.69) is 20.0 Å². The number of nitrogens with two attached hydrogens (primary N) is 1. The molecule has 14 heteroatoms. The molecule has 0 aliphatic carbocycles. The fraction of sp³-hybridized carbons (Fsp3) is 0.280. The minimum Gasteiger partial charge on any atom is -0.460 e. The molecule has 0 bridgehead atoms. The topological polar surface area (TPSA) is 173 Å². The molecule has 5 rings (SSSR count). The zero-order valence-corrected chi connectivity index (χ0v) is 21.6. The Balaban J connectivity index is 1.22. The quantitative estimate of drug-likeness (QED) is 0.183. The number of para-hydroxylation sites is 1. The van der Waals surface area contributed by atoms with Crippen molar-refractivity contribution in [3.8, 4) is 5.75 Å². The maximum atomic E-state index is 13.6. The Morgan fingerprint density at radius 3 is 2.64 bits per heavy atom. The summed E-state index contributed by atoms with van der Waals surface area (Å²) < 4.78 is 37.7. The second-order valence-electron chi connectivity index (χ2n) is 8.71. The molecule has 2 unspecified atom stereocenters. The third-order valence-electron chi connectivity index (χ3n) is 5.89. The number of hydrogen-bond acceptors (Lipinski definition) is 11. The molecule has 4 aromatic rings. The van der Waals surface area contributed by atoms with Gasteiger partial charge in [0.1, 0.15) is 36.8 Å². The molecule has 0 spiro atoms. The molecule has 1 aliphatic rings. The highest BCUT2D eigenvalue weighted by Crippen LogP contribution is 2.45. The number of imidazole rings is 1. The first kappa shape index (κ1) is 26.7. The van der Waals surface area contributed by atoms with E-state index < -0.39 is 38.7 Å². The van der Waals surface area contributed by atoms with E-state index in [-0.39, 0.29) is 31.2 Å². The van der Waals surface area contributed by atoms with Crippen LogP contribution < -0.4 is 15.3 Å². The van der Waals surface area contributed by atoms with Gasteiger partial charge in [-0.1, -0.05) is 48.5 Å². The van der Waals surface area contributed by atoms with Crippen LogP contribution in [-0.4, -0.2) is 56.0 Å². The van der Waals surface area contributed by atoms with Gasteiger partial charge in [-0.05, 0) is 17.7 Å². The second-order valence-corrected chi connectivity index (χ2v) is 10.5. The Morgan fingerprint density at radius 1 is 1.13 bits per heavy atom. The number of carbonyl (C=O) groups is 1. The summed E-state index contributed by atoms with van der Waals surface area (Å²) in [7, 11) is -4.06. The molecule has 0 saturated carbocycles. The number of nitrogen functional groups attached to an aromatic ring is 1. The predicted molar refractivity (Wildman–Crippen MR) is 139 cm³/mol. The predicted octanol–water partition coefficient (Wildman–Crippen LogP) is 2.59. The van der Waals surface area contributed by atoms with E-state index in [4.69, 9.17) is 24.3 Å². The lowest BCUT2D eigenvalue weighted by atomic mass is 10.2. The van der Waals surface area contributed by atoms with Gasteiger partial charge in [0.2, 0.25) is 0 Å². The number of hydrogen-bond donors (Lipinski definition) is 3. The highest BCUT2D eigenvalue weighted by Gasteiger charge is 2.38. The summed E-state index contributed by atoms with van der Waals surface area (Å²) in [6, 6.07) is 17.6. The Labute approximate surface area is 223 Å². The molecule has 13 nitrogen and oxygen atoms in total. The van der Waals surface area contributed by atoms with Crippen molar-refractivity contribution >= 4 is 30.7 Å². The first-order valence-corrected chi connectivity index (χ1v) is 13.6. The number of anilines is 1. The highest BCUT2D eigenvalue weighted by molar-refractivity contribution is 7.52. The minimum absolute atomic E-state index is 0.0702. The van der Waals surface area contributed by atoms with Crippen LogP contribution in [0.15, 0.2) is 73.3 Å². The molecule has 1 fully saturated rings. The summed E-state index contributed by atoms with van der Waals surface area (Å²) in [5.74, 6) is -0.155. The number of aromatic nitrogens is 4. The van der Waals surface area contributed by atoms with Crippen molar-refractivity contribution < 1.29 is 33.0 Å². The molecule has 2 aromatic carbocycles. The van der Waals surface area contributed by atoms with Crippen molar-refractivity contribution in [2.75, 3.05) is 18.9 Å². The van der Waals surface area contributed by atoms with Crippen molar-refractivity contribution in [2.45, 2.75) is 31.5 Å². The Kier molecular flexibility index (Phi) is 8.15. The van der Waals surface area contributed by atoms with Gasteiger partial charge < -0.3 is 24.8 Å². The first-order valence-electron chi connectivity index (χ1n) is 12.1. The Bertz CT molecular complexity index is 1460. The number of benzene rings is 2. The molecule has 1 aliphatic heterocycles. The zero-order valence-electron chi connectivity index (χ0n) is 20.7. The Hall–Kier alpha value is -3.87. The maximum absolute atomic E-state index is 13.6. The molecule has 0 radical (unpaired) electrons. The third kappa shape index (κ3) is 6.59. The molecular weight excluding hydrogens is 527 g/mol. The molecule has 204 valence electrons. The van der Waals surface area contributed by atoms with Gasteiger partial charge in [-0.15, -0.1) is 0 Å². The van der Waals surface area contributed by atoms with Crippen LogP contribution in [0.25, 0.3) is 11.2 Å².